The van der Waals surface area contributed by atoms with Crippen LogP contribution in [0, 0.1) is 0 Å². The van der Waals surface area contributed by atoms with E-state index < -0.39 is 35.7 Å². The quantitative estimate of drug-likeness (QED) is 0.0436. The molecule has 0 aromatic heterocycles. The van der Waals surface area contributed by atoms with E-state index >= 15 is 0 Å². The van der Waals surface area contributed by atoms with Crippen LogP contribution in [-0.2, 0) is 0 Å². The molecule has 4 heterocycles. The lowest BCUT2D eigenvalue weighted by Crippen LogP contribution is -2.24. The summed E-state index contributed by atoms with van der Waals surface area (Å²) < 4.78 is 0. The van der Waals surface area contributed by atoms with Gasteiger partial charge in [0.15, 0.2) is 0 Å². The highest BCUT2D eigenvalue weighted by molar-refractivity contribution is 6.16. The van der Waals surface area contributed by atoms with Gasteiger partial charge in [-0.05, 0) is 152 Å². The number of carbonyl (C=O) groups excluding carboxylic acids is 6. The summed E-state index contributed by atoms with van der Waals surface area (Å²) in [7, 11) is 0. The molecule has 11 rings (SSSR count). The lowest BCUT2D eigenvalue weighted by atomic mass is 10.1. The number of benzene rings is 7. The molecular weight excluding hydrogens is 1180 g/mol. The van der Waals surface area contributed by atoms with Crippen LogP contribution in [0.4, 0.5) is 55.1 Å². The molecule has 86 heavy (non-hydrogen) atoms. The first kappa shape index (κ1) is 63.6. The van der Waals surface area contributed by atoms with E-state index in [1.54, 1.807) is 66.7 Å². The van der Waals surface area contributed by atoms with E-state index in [9.17, 15) is 28.8 Å². The predicted octanol–water partition coefficient (Wildman–Crippen LogP) is 9.07. The van der Waals surface area contributed by atoms with E-state index in [4.69, 9.17) is 0 Å². The Hall–Kier alpha value is -10.0. The SMILES string of the molecule is Cl.Cl.Cl.Cl.O=C(Nc1cccc(NC(=O)Nc2cc(C(=O)Nc3ccc(C4=NCCN4)cc3)ccc2C(=O)Nc2ccc(C3=NCCN3)cc2)c1)Nc1cc(C(=O)Nc2ccc(C3=NCCN3)cc2)ccc1C(=O)Nc1ccc(C2=NCCN2)cc1. The third kappa shape index (κ3) is 15.8. The van der Waals surface area contributed by atoms with Crippen molar-refractivity contribution in [2.24, 2.45) is 20.0 Å². The van der Waals surface area contributed by atoms with Crippen LogP contribution in [0.2, 0.25) is 0 Å². The largest absolute Gasteiger partial charge is 0.368 e. The lowest BCUT2D eigenvalue weighted by molar-refractivity contribution is 0.101. The Morgan fingerprint density at radius 2 is 0.593 bits per heavy atom. The van der Waals surface area contributed by atoms with Gasteiger partial charge in [0.1, 0.15) is 23.3 Å². The predicted molar refractivity (Wildman–Crippen MR) is 349 cm³/mol. The molecule has 0 saturated carbocycles. The van der Waals surface area contributed by atoms with Crippen LogP contribution < -0.4 is 63.8 Å². The zero-order valence-corrected chi connectivity index (χ0v) is 48.8. The molecule has 0 bridgehead atoms. The topological polar surface area (TPSA) is 296 Å². The Bertz CT molecular complexity index is 3550. The van der Waals surface area contributed by atoms with Crippen molar-refractivity contribution >= 4 is 154 Å². The van der Waals surface area contributed by atoms with Gasteiger partial charge in [-0.25, -0.2) is 9.59 Å². The normalized spacial score (nSPS) is 13.3. The highest BCUT2D eigenvalue weighted by atomic mass is 35.5. The smallest absolute Gasteiger partial charge is 0.323 e. The molecule has 4 aliphatic heterocycles. The number of amidine groups is 4. The third-order valence-electron chi connectivity index (χ3n) is 13.3. The van der Waals surface area contributed by atoms with E-state index in [1.807, 2.05) is 48.5 Å². The van der Waals surface area contributed by atoms with Crippen molar-refractivity contribution in [3.8, 4) is 0 Å². The average molecular weight is 1240 g/mol. The van der Waals surface area contributed by atoms with Crippen LogP contribution >= 0.6 is 49.6 Å². The number of hydrogen-bond donors (Lipinski definition) is 12. The zero-order valence-electron chi connectivity index (χ0n) is 45.5. The second-order valence-electron chi connectivity index (χ2n) is 19.0. The minimum Gasteiger partial charge on any atom is -0.368 e. The van der Waals surface area contributed by atoms with Crippen molar-refractivity contribution in [3.05, 3.63) is 202 Å². The Balaban J connectivity index is 0.00000264. The molecule has 0 unspecified atom stereocenters. The number of halogens is 4. The molecule has 0 atom stereocenters. The van der Waals surface area contributed by atoms with Crippen molar-refractivity contribution in [1.82, 2.24) is 21.3 Å². The molecular formula is C60H58Cl4N16O6. The van der Waals surface area contributed by atoms with Gasteiger partial charge in [-0.1, -0.05) is 6.07 Å². The molecule has 26 heteroatoms. The van der Waals surface area contributed by atoms with Crippen LogP contribution in [-0.4, -0.2) is 111 Å². The highest BCUT2D eigenvalue weighted by Crippen LogP contribution is 2.26. The van der Waals surface area contributed by atoms with Crippen LogP contribution in [0.3, 0.4) is 0 Å². The summed E-state index contributed by atoms with van der Waals surface area (Å²) in [6.07, 6.45) is 0. The van der Waals surface area contributed by atoms with Crippen molar-refractivity contribution in [1.29, 1.82) is 0 Å². The van der Waals surface area contributed by atoms with Gasteiger partial charge in [0.25, 0.3) is 23.6 Å². The molecule has 442 valence electrons. The first-order valence-corrected chi connectivity index (χ1v) is 26.4. The standard InChI is InChI=1S/C60H54N16O6.4ClH/c77-55(69-41-14-4-35(5-15-41)51-61-24-25-62-51)39-12-22-47(57(79)71-43-18-8-37(9-19-43)53-65-28-29-66-53)49(32-39)75-59(81)73-45-2-1-3-46(34-45)74-60(82)76-50-33-40(56(78)70-42-16-6-36(7-17-42)52-63-26-27-64-52)13-23-48(50)58(80)72-44-20-10-38(11-21-44)54-67-30-31-68-54;;;;/h1-23,32-34H,24-31H2,(H,61,62)(H,63,64)(H,65,66)(H,67,68)(H,69,77)(H,70,78)(H,71,79)(H,72,80)(H2,73,75,81)(H2,74,76,82);4*1H. The Morgan fingerprint density at radius 3 is 0.872 bits per heavy atom. The Labute approximate surface area is 518 Å². The molecule has 0 aliphatic carbocycles. The number of amides is 8. The molecule has 22 nitrogen and oxygen atoms in total. The summed E-state index contributed by atoms with van der Waals surface area (Å²) in [5.74, 6) is 0.982. The second-order valence-corrected chi connectivity index (χ2v) is 19.0. The maximum Gasteiger partial charge on any atom is 0.323 e. The number of anilines is 8. The van der Waals surface area contributed by atoms with Crippen molar-refractivity contribution in [3.63, 3.8) is 0 Å². The first-order chi connectivity index (χ1) is 40.0. The van der Waals surface area contributed by atoms with E-state index in [-0.39, 0.29) is 94.6 Å². The monoisotopic (exact) mass is 1240 g/mol. The summed E-state index contributed by atoms with van der Waals surface area (Å²) in [6.45, 7) is 5.72. The number of urea groups is 2. The summed E-state index contributed by atoms with van der Waals surface area (Å²) in [6, 6.07) is 42.1. The number of nitrogens with one attached hydrogen (secondary N) is 12. The molecule has 0 radical (unpaired) electrons. The molecule has 0 fully saturated rings. The van der Waals surface area contributed by atoms with Gasteiger partial charge >= 0.3 is 12.1 Å². The Morgan fingerprint density at radius 1 is 0.302 bits per heavy atom. The lowest BCUT2D eigenvalue weighted by Gasteiger charge is -2.16. The van der Waals surface area contributed by atoms with E-state index in [0.29, 0.717) is 48.9 Å². The number of nitrogens with zero attached hydrogens (tertiary/aromatic N) is 4. The maximum atomic E-state index is 13.9. The second kappa shape index (κ2) is 29.5. The molecule has 7 aromatic rings. The van der Waals surface area contributed by atoms with Crippen molar-refractivity contribution in [2.75, 3.05) is 94.9 Å². The van der Waals surface area contributed by atoms with Crippen LogP contribution in [0.25, 0.3) is 0 Å². The fourth-order valence-electron chi connectivity index (χ4n) is 9.23. The van der Waals surface area contributed by atoms with Crippen LogP contribution in [0.1, 0.15) is 63.7 Å². The summed E-state index contributed by atoms with van der Waals surface area (Å²) >= 11 is 0. The average Bonchev–Trinajstić information content (AvgIpc) is 4.49. The van der Waals surface area contributed by atoms with Gasteiger partial charge in [-0.15, -0.1) is 49.6 Å². The first-order valence-electron chi connectivity index (χ1n) is 26.4. The molecule has 0 spiro atoms. The molecule has 8 amide bonds. The van der Waals surface area contributed by atoms with Gasteiger partial charge in [-0.2, -0.15) is 0 Å². The third-order valence-corrected chi connectivity index (χ3v) is 13.3. The zero-order chi connectivity index (χ0) is 56.4. The molecule has 4 aliphatic rings. The fourth-order valence-corrected chi connectivity index (χ4v) is 9.23. The number of rotatable bonds is 16. The minimum atomic E-state index is -0.776. The highest BCUT2D eigenvalue weighted by Gasteiger charge is 2.22. The molecule has 7 aromatic carbocycles. The summed E-state index contributed by atoms with van der Waals surface area (Å²) in [4.78, 5) is 101. The van der Waals surface area contributed by atoms with E-state index in [1.165, 1.54) is 42.5 Å². The Kier molecular flexibility index (Phi) is 21.8. The van der Waals surface area contributed by atoms with Gasteiger partial charge in [0.05, 0.1) is 48.7 Å². The van der Waals surface area contributed by atoms with Crippen LogP contribution in [0.5, 0.6) is 0 Å². The van der Waals surface area contributed by atoms with Gasteiger partial charge < -0.3 is 63.8 Å². The van der Waals surface area contributed by atoms with Crippen LogP contribution in [0.15, 0.2) is 178 Å². The minimum absolute atomic E-state index is 0. The summed E-state index contributed by atoms with van der Waals surface area (Å²) in [5, 5.41) is 35.3. The molecule has 12 N–H and O–H groups in total. The number of hydrogen-bond acceptors (Lipinski definition) is 14. The molecule has 0 saturated heterocycles. The van der Waals surface area contributed by atoms with Crippen molar-refractivity contribution < 1.29 is 28.8 Å². The number of aliphatic imine (C=N–C) groups is 4. The van der Waals surface area contributed by atoms with E-state index in [2.05, 4.69) is 83.8 Å². The van der Waals surface area contributed by atoms with Crippen molar-refractivity contribution in [2.45, 2.75) is 0 Å². The van der Waals surface area contributed by atoms with Gasteiger partial charge in [0, 0.05) is 93.7 Å². The van der Waals surface area contributed by atoms with Gasteiger partial charge in [-0.3, -0.25) is 39.1 Å². The number of carbonyl (C=O) groups is 6. The fraction of sp³-hybridized carbons (Fsp3) is 0.133. The van der Waals surface area contributed by atoms with Gasteiger partial charge in [0.2, 0.25) is 0 Å². The maximum absolute atomic E-state index is 13.9. The van der Waals surface area contributed by atoms with E-state index in [0.717, 1.165) is 71.8 Å². The summed E-state index contributed by atoms with van der Waals surface area (Å²) in [5.41, 5.74) is 6.41.